The van der Waals surface area contributed by atoms with Crippen LogP contribution in [0.15, 0.2) is 23.4 Å². The molecule has 1 aliphatic heterocycles. The van der Waals surface area contributed by atoms with Gasteiger partial charge < -0.3 is 10.2 Å². The Morgan fingerprint density at radius 2 is 2.32 bits per heavy atom. The third-order valence-corrected chi connectivity index (χ3v) is 4.58. The number of pyridine rings is 1. The van der Waals surface area contributed by atoms with E-state index in [0.717, 1.165) is 19.5 Å². The van der Waals surface area contributed by atoms with Crippen molar-refractivity contribution in [1.29, 1.82) is 0 Å². The Balaban J connectivity index is 2.19. The van der Waals surface area contributed by atoms with Crippen molar-refractivity contribution in [2.75, 3.05) is 32.0 Å². The lowest BCUT2D eigenvalue weighted by atomic mass is 10.3. The molecule has 0 saturated carbocycles. The summed E-state index contributed by atoms with van der Waals surface area (Å²) >= 11 is 0. The van der Waals surface area contributed by atoms with Crippen LogP contribution in [0.5, 0.6) is 0 Å². The highest BCUT2D eigenvalue weighted by atomic mass is 32.2. The van der Waals surface area contributed by atoms with Gasteiger partial charge in [0.15, 0.2) is 5.03 Å². The van der Waals surface area contributed by atoms with E-state index in [1.54, 1.807) is 12.1 Å². The van der Waals surface area contributed by atoms with Gasteiger partial charge in [-0.3, -0.25) is 0 Å². The van der Waals surface area contributed by atoms with Crippen molar-refractivity contribution in [2.24, 2.45) is 0 Å². The monoisotopic (exact) mass is 284 g/mol. The number of sulfonamides is 1. The first-order chi connectivity index (χ1) is 9.03. The van der Waals surface area contributed by atoms with Crippen LogP contribution >= 0.6 is 0 Å². The summed E-state index contributed by atoms with van der Waals surface area (Å²) in [5.41, 5.74) is 0.545. The molecule has 106 valence electrons. The summed E-state index contributed by atoms with van der Waals surface area (Å²) < 4.78 is 27.4. The van der Waals surface area contributed by atoms with E-state index in [2.05, 4.69) is 19.9 Å². The fourth-order valence-corrected chi connectivity index (χ4v) is 3.61. The van der Waals surface area contributed by atoms with Crippen LogP contribution in [0.25, 0.3) is 0 Å². The maximum Gasteiger partial charge on any atom is 0.260 e. The van der Waals surface area contributed by atoms with Crippen LogP contribution in [0.1, 0.15) is 13.3 Å². The van der Waals surface area contributed by atoms with Crippen molar-refractivity contribution >= 4 is 15.7 Å². The molecule has 1 unspecified atom stereocenters. The predicted octanol–water partition coefficient (Wildman–Crippen LogP) is 0.496. The first kappa shape index (κ1) is 14.2. The molecule has 0 bridgehead atoms. The molecule has 1 atom stereocenters. The van der Waals surface area contributed by atoms with Gasteiger partial charge in [-0.2, -0.15) is 0 Å². The summed E-state index contributed by atoms with van der Waals surface area (Å²) in [6, 6.07) is 3.41. The lowest BCUT2D eigenvalue weighted by Gasteiger charge is -2.15. The Morgan fingerprint density at radius 3 is 2.95 bits per heavy atom. The zero-order valence-corrected chi connectivity index (χ0v) is 12.1. The van der Waals surface area contributed by atoms with E-state index in [0.29, 0.717) is 12.2 Å². The van der Waals surface area contributed by atoms with Crippen molar-refractivity contribution in [2.45, 2.75) is 24.4 Å². The Labute approximate surface area is 114 Å². The average molecular weight is 284 g/mol. The van der Waals surface area contributed by atoms with Crippen LogP contribution in [0.3, 0.4) is 0 Å². The molecule has 7 heteroatoms. The highest BCUT2D eigenvalue weighted by Crippen LogP contribution is 2.19. The van der Waals surface area contributed by atoms with Gasteiger partial charge in [0, 0.05) is 25.3 Å². The van der Waals surface area contributed by atoms with Crippen LogP contribution < -0.4 is 10.0 Å². The Hall–Kier alpha value is -1.18. The number of likely N-dealkylation sites (N-methyl/N-ethyl adjacent to an activating group) is 1. The molecule has 1 aliphatic rings. The fourth-order valence-electron chi connectivity index (χ4n) is 2.24. The molecule has 2 N–H and O–H groups in total. The van der Waals surface area contributed by atoms with Gasteiger partial charge in [0.2, 0.25) is 0 Å². The molecule has 0 spiro atoms. The lowest BCUT2D eigenvalue weighted by molar-refractivity contribution is 0.407. The first-order valence-electron chi connectivity index (χ1n) is 6.42. The standard InChI is InChI=1S/C12H20N4O2S/c1-3-13-11-5-4-7-14-12(11)19(17,18)15-10-6-8-16(2)9-10/h4-5,7,10,13,15H,3,6,8-9H2,1-2H3. The summed E-state index contributed by atoms with van der Waals surface area (Å²) in [7, 11) is -1.59. The Bertz CT molecular complexity index is 532. The SMILES string of the molecule is CCNc1cccnc1S(=O)(=O)NC1CCN(C)C1. The van der Waals surface area contributed by atoms with E-state index in [1.807, 2.05) is 14.0 Å². The largest absolute Gasteiger partial charge is 0.383 e. The molecule has 0 aromatic carbocycles. The van der Waals surface area contributed by atoms with Gasteiger partial charge in [-0.05, 0) is 39.1 Å². The van der Waals surface area contributed by atoms with Crippen molar-refractivity contribution in [1.82, 2.24) is 14.6 Å². The highest BCUT2D eigenvalue weighted by Gasteiger charge is 2.27. The van der Waals surface area contributed by atoms with E-state index in [-0.39, 0.29) is 11.1 Å². The van der Waals surface area contributed by atoms with Gasteiger partial charge in [0.1, 0.15) is 0 Å². The van der Waals surface area contributed by atoms with E-state index >= 15 is 0 Å². The summed E-state index contributed by atoms with van der Waals surface area (Å²) in [6.45, 7) is 4.22. The molecule has 1 aromatic rings. The fraction of sp³-hybridized carbons (Fsp3) is 0.583. The highest BCUT2D eigenvalue weighted by molar-refractivity contribution is 7.89. The van der Waals surface area contributed by atoms with E-state index in [9.17, 15) is 8.42 Å². The number of hydrogen-bond acceptors (Lipinski definition) is 5. The van der Waals surface area contributed by atoms with Gasteiger partial charge in [-0.25, -0.2) is 18.1 Å². The van der Waals surface area contributed by atoms with Crippen LogP contribution in [-0.2, 0) is 10.0 Å². The van der Waals surface area contributed by atoms with Crippen molar-refractivity contribution in [3.63, 3.8) is 0 Å². The van der Waals surface area contributed by atoms with Crippen molar-refractivity contribution in [3.05, 3.63) is 18.3 Å². The smallest absolute Gasteiger partial charge is 0.260 e. The Kier molecular flexibility index (Phi) is 4.38. The molecule has 2 heterocycles. The second-order valence-corrected chi connectivity index (χ2v) is 6.38. The molecule has 1 fully saturated rings. The average Bonchev–Trinajstić information content (AvgIpc) is 2.75. The maximum absolute atomic E-state index is 12.4. The quantitative estimate of drug-likeness (QED) is 0.823. The van der Waals surface area contributed by atoms with Crippen molar-refractivity contribution in [3.8, 4) is 0 Å². The molecule has 1 saturated heterocycles. The molecular formula is C12H20N4O2S. The Morgan fingerprint density at radius 1 is 1.53 bits per heavy atom. The summed E-state index contributed by atoms with van der Waals surface area (Å²) in [5.74, 6) is 0. The number of nitrogens with one attached hydrogen (secondary N) is 2. The third kappa shape index (κ3) is 3.43. The van der Waals surface area contributed by atoms with Gasteiger partial charge >= 0.3 is 0 Å². The number of aromatic nitrogens is 1. The van der Waals surface area contributed by atoms with Crippen LogP contribution in [-0.4, -0.2) is 51.0 Å². The minimum atomic E-state index is -3.57. The summed E-state index contributed by atoms with van der Waals surface area (Å²) in [5, 5.41) is 3.10. The molecule has 0 amide bonds. The van der Waals surface area contributed by atoms with Gasteiger partial charge in [0.25, 0.3) is 10.0 Å². The molecule has 0 aliphatic carbocycles. The molecule has 19 heavy (non-hydrogen) atoms. The molecule has 2 rings (SSSR count). The van der Waals surface area contributed by atoms with E-state index < -0.39 is 10.0 Å². The van der Waals surface area contributed by atoms with E-state index in [4.69, 9.17) is 0 Å². The second kappa shape index (κ2) is 5.85. The van der Waals surface area contributed by atoms with Gasteiger partial charge in [-0.15, -0.1) is 0 Å². The minimum Gasteiger partial charge on any atom is -0.383 e. The zero-order chi connectivity index (χ0) is 13.9. The number of likely N-dealkylation sites (tertiary alicyclic amines) is 1. The summed E-state index contributed by atoms with van der Waals surface area (Å²) in [4.78, 5) is 6.11. The first-order valence-corrected chi connectivity index (χ1v) is 7.91. The van der Waals surface area contributed by atoms with Crippen molar-refractivity contribution < 1.29 is 8.42 Å². The van der Waals surface area contributed by atoms with E-state index in [1.165, 1.54) is 6.20 Å². The van der Waals surface area contributed by atoms with Gasteiger partial charge in [0.05, 0.1) is 5.69 Å². The third-order valence-electron chi connectivity index (χ3n) is 3.11. The number of hydrogen-bond donors (Lipinski definition) is 2. The van der Waals surface area contributed by atoms with Crippen LogP contribution in [0.2, 0.25) is 0 Å². The second-order valence-electron chi connectivity index (χ2n) is 4.76. The topological polar surface area (TPSA) is 74.3 Å². The van der Waals surface area contributed by atoms with Crippen LogP contribution in [0.4, 0.5) is 5.69 Å². The normalized spacial score (nSPS) is 20.6. The number of rotatable bonds is 5. The lowest BCUT2D eigenvalue weighted by Crippen LogP contribution is -2.37. The predicted molar refractivity (Wildman–Crippen MR) is 74.6 cm³/mol. The molecule has 0 radical (unpaired) electrons. The minimum absolute atomic E-state index is 0.0357. The maximum atomic E-state index is 12.4. The number of nitrogens with zero attached hydrogens (tertiary/aromatic N) is 2. The molecule has 6 nitrogen and oxygen atoms in total. The van der Waals surface area contributed by atoms with Crippen LogP contribution in [0, 0.1) is 0 Å². The van der Waals surface area contributed by atoms with Gasteiger partial charge in [-0.1, -0.05) is 0 Å². The molecular weight excluding hydrogens is 264 g/mol. The number of anilines is 1. The zero-order valence-electron chi connectivity index (χ0n) is 11.3. The molecule has 1 aromatic heterocycles. The summed E-state index contributed by atoms with van der Waals surface area (Å²) in [6.07, 6.45) is 2.33.